The second kappa shape index (κ2) is 7.91. The van der Waals surface area contributed by atoms with Gasteiger partial charge in [-0.3, -0.25) is 4.79 Å². The first-order valence-corrected chi connectivity index (χ1v) is 10.6. The number of fused-ring (bicyclic) bond motifs is 2. The van der Waals surface area contributed by atoms with Crippen LogP contribution in [0.4, 0.5) is 11.5 Å². The van der Waals surface area contributed by atoms with Crippen LogP contribution < -0.4 is 9.80 Å². The van der Waals surface area contributed by atoms with Crippen LogP contribution in [-0.2, 0) is 17.8 Å². The lowest BCUT2D eigenvalue weighted by Crippen LogP contribution is -2.49. The minimum absolute atomic E-state index is 0.0107. The van der Waals surface area contributed by atoms with Gasteiger partial charge in [0.1, 0.15) is 17.9 Å². The molecule has 1 fully saturated rings. The molecule has 1 amide bonds. The van der Waals surface area contributed by atoms with Gasteiger partial charge < -0.3 is 19.8 Å². The minimum Gasteiger partial charge on any atom is -0.508 e. The summed E-state index contributed by atoms with van der Waals surface area (Å²) in [5, 5.41) is 12.0. The Kier molecular flexibility index (Phi) is 4.94. The fraction of sp³-hybridized carbons (Fsp3) is 0.292. The highest BCUT2D eigenvalue weighted by molar-refractivity contribution is 5.95. The zero-order valence-electron chi connectivity index (χ0n) is 17.4. The molecular weight excluding hydrogens is 390 g/mol. The van der Waals surface area contributed by atoms with Crippen LogP contribution in [0.5, 0.6) is 5.75 Å². The lowest BCUT2D eigenvalue weighted by atomic mass is 10.0. The Morgan fingerprint density at radius 1 is 1.03 bits per heavy atom. The number of hydrogen-bond acceptors (Lipinski definition) is 6. The summed E-state index contributed by atoms with van der Waals surface area (Å²) < 4.78 is 0. The predicted octanol–water partition coefficient (Wildman–Crippen LogP) is 2.73. The molecule has 2 aliphatic heterocycles. The number of carbonyl (C=O) groups is 1. The van der Waals surface area contributed by atoms with Crippen molar-refractivity contribution in [2.75, 3.05) is 42.5 Å². The third-order valence-corrected chi connectivity index (χ3v) is 6.23. The Bertz CT molecular complexity index is 1150. The van der Waals surface area contributed by atoms with Crippen molar-refractivity contribution in [1.29, 1.82) is 0 Å². The Morgan fingerprint density at radius 3 is 2.68 bits per heavy atom. The summed E-state index contributed by atoms with van der Waals surface area (Å²) in [7, 11) is 0. The number of amides is 1. The predicted molar refractivity (Wildman–Crippen MR) is 121 cm³/mol. The van der Waals surface area contributed by atoms with Crippen molar-refractivity contribution in [3.8, 4) is 5.75 Å². The highest BCUT2D eigenvalue weighted by atomic mass is 16.3. The van der Waals surface area contributed by atoms with Gasteiger partial charge in [-0.15, -0.1) is 0 Å². The number of rotatable bonds is 3. The maximum Gasteiger partial charge on any atom is 0.246 e. The number of phenolic OH excluding ortho intramolecular Hbond substituents is 1. The van der Waals surface area contributed by atoms with Crippen molar-refractivity contribution in [2.24, 2.45) is 0 Å². The zero-order chi connectivity index (χ0) is 21.4. The molecule has 0 radical (unpaired) electrons. The smallest absolute Gasteiger partial charge is 0.246 e. The molecule has 1 aromatic heterocycles. The van der Waals surface area contributed by atoms with E-state index in [0.717, 1.165) is 60.6 Å². The van der Waals surface area contributed by atoms with Gasteiger partial charge in [0.2, 0.25) is 5.91 Å². The molecule has 158 valence electrons. The lowest BCUT2D eigenvalue weighted by Gasteiger charge is -2.37. The van der Waals surface area contributed by atoms with Crippen LogP contribution in [-0.4, -0.2) is 58.6 Å². The molecule has 2 aliphatic rings. The largest absolute Gasteiger partial charge is 0.508 e. The van der Waals surface area contributed by atoms with Gasteiger partial charge in [-0.1, -0.05) is 18.7 Å². The molecule has 31 heavy (non-hydrogen) atoms. The van der Waals surface area contributed by atoms with E-state index in [1.807, 2.05) is 23.1 Å². The molecule has 0 unspecified atom stereocenters. The Hall–Kier alpha value is -3.61. The van der Waals surface area contributed by atoms with Gasteiger partial charge in [0, 0.05) is 49.4 Å². The molecule has 1 N–H and O–H groups in total. The van der Waals surface area contributed by atoms with Gasteiger partial charge in [0.05, 0.1) is 12.2 Å². The Morgan fingerprint density at radius 2 is 1.87 bits per heavy atom. The fourth-order valence-electron chi connectivity index (χ4n) is 4.61. The van der Waals surface area contributed by atoms with E-state index in [1.165, 1.54) is 11.6 Å². The van der Waals surface area contributed by atoms with Crippen LogP contribution in [0.25, 0.3) is 10.8 Å². The number of anilines is 2. The summed E-state index contributed by atoms with van der Waals surface area (Å²) in [6, 6.07) is 11.7. The van der Waals surface area contributed by atoms with Gasteiger partial charge in [0.15, 0.2) is 0 Å². The summed E-state index contributed by atoms with van der Waals surface area (Å²) in [4.78, 5) is 27.5. The SMILES string of the molecule is C=CC(=O)N1CCN(c2ncnc3c2CCN(c2cccc4cc(O)ccc24)C3)CC1. The first-order valence-electron chi connectivity index (χ1n) is 10.6. The Labute approximate surface area is 181 Å². The molecule has 3 aromatic rings. The van der Waals surface area contributed by atoms with E-state index < -0.39 is 0 Å². The zero-order valence-corrected chi connectivity index (χ0v) is 17.4. The summed E-state index contributed by atoms with van der Waals surface area (Å²) in [6.07, 6.45) is 3.90. The van der Waals surface area contributed by atoms with Gasteiger partial charge in [0.25, 0.3) is 0 Å². The fourth-order valence-corrected chi connectivity index (χ4v) is 4.61. The molecule has 5 rings (SSSR count). The minimum atomic E-state index is -0.0107. The molecule has 0 aliphatic carbocycles. The van der Waals surface area contributed by atoms with Gasteiger partial charge in [-0.25, -0.2) is 9.97 Å². The normalized spacial score (nSPS) is 16.3. The Balaban J connectivity index is 1.39. The quantitative estimate of drug-likeness (QED) is 0.663. The number of carbonyl (C=O) groups excluding carboxylic acids is 1. The van der Waals surface area contributed by atoms with Crippen molar-refractivity contribution in [1.82, 2.24) is 14.9 Å². The third-order valence-electron chi connectivity index (χ3n) is 6.23. The summed E-state index contributed by atoms with van der Waals surface area (Å²) >= 11 is 0. The van der Waals surface area contributed by atoms with Crippen LogP contribution in [0, 0.1) is 0 Å². The number of aromatic hydroxyl groups is 1. The van der Waals surface area contributed by atoms with E-state index in [-0.39, 0.29) is 11.7 Å². The van der Waals surface area contributed by atoms with Crippen molar-refractivity contribution in [2.45, 2.75) is 13.0 Å². The maximum absolute atomic E-state index is 11.9. The number of phenols is 1. The number of hydrogen-bond donors (Lipinski definition) is 1. The molecule has 1 saturated heterocycles. The van der Waals surface area contributed by atoms with Gasteiger partial charge in [-0.05, 0) is 42.1 Å². The van der Waals surface area contributed by atoms with E-state index in [9.17, 15) is 9.90 Å². The second-order valence-corrected chi connectivity index (χ2v) is 7.99. The highest BCUT2D eigenvalue weighted by Crippen LogP contribution is 2.34. The maximum atomic E-state index is 11.9. The molecule has 7 heteroatoms. The number of piperazine rings is 1. The molecule has 0 saturated carbocycles. The van der Waals surface area contributed by atoms with Crippen LogP contribution in [0.1, 0.15) is 11.3 Å². The van der Waals surface area contributed by atoms with Crippen LogP contribution in [0.2, 0.25) is 0 Å². The summed E-state index contributed by atoms with van der Waals surface area (Å²) in [5.74, 6) is 1.27. The third kappa shape index (κ3) is 3.56. The van der Waals surface area contributed by atoms with E-state index in [4.69, 9.17) is 0 Å². The average molecular weight is 415 g/mol. The molecule has 0 atom stereocenters. The number of nitrogens with zero attached hydrogens (tertiary/aromatic N) is 5. The first kappa shape index (κ1) is 19.4. The number of benzene rings is 2. The van der Waals surface area contributed by atoms with Crippen molar-refractivity contribution >= 4 is 28.2 Å². The standard InChI is InChI=1S/C24H25N5O2/c1-2-23(31)27-10-12-28(13-11-27)24-20-8-9-29(15-21(20)25-16-26-24)22-5-3-4-17-14-18(30)6-7-19(17)22/h2-7,14,16,30H,1,8-13,15H2. The highest BCUT2D eigenvalue weighted by Gasteiger charge is 2.27. The van der Waals surface area contributed by atoms with Crippen LogP contribution >= 0.6 is 0 Å². The van der Waals surface area contributed by atoms with Crippen LogP contribution in [0.15, 0.2) is 55.4 Å². The van der Waals surface area contributed by atoms with Gasteiger partial charge >= 0.3 is 0 Å². The molecule has 7 nitrogen and oxygen atoms in total. The topological polar surface area (TPSA) is 72.8 Å². The second-order valence-electron chi connectivity index (χ2n) is 7.99. The molecular formula is C24H25N5O2. The van der Waals surface area contributed by atoms with Crippen molar-refractivity contribution in [3.05, 3.63) is 66.6 Å². The van der Waals surface area contributed by atoms with E-state index in [1.54, 1.807) is 18.5 Å². The van der Waals surface area contributed by atoms with Gasteiger partial charge in [-0.2, -0.15) is 0 Å². The van der Waals surface area contributed by atoms with E-state index >= 15 is 0 Å². The van der Waals surface area contributed by atoms with Crippen molar-refractivity contribution < 1.29 is 9.90 Å². The molecule has 0 spiro atoms. The number of aromatic nitrogens is 2. The molecule has 0 bridgehead atoms. The molecule has 2 aromatic carbocycles. The average Bonchev–Trinajstić information content (AvgIpc) is 2.82. The van der Waals surface area contributed by atoms with Crippen molar-refractivity contribution in [3.63, 3.8) is 0 Å². The monoisotopic (exact) mass is 415 g/mol. The van der Waals surface area contributed by atoms with Crippen LogP contribution in [0.3, 0.4) is 0 Å². The summed E-state index contributed by atoms with van der Waals surface area (Å²) in [5.41, 5.74) is 3.41. The summed E-state index contributed by atoms with van der Waals surface area (Å²) in [6.45, 7) is 8.07. The first-order chi connectivity index (χ1) is 15.1. The molecule has 3 heterocycles. The van der Waals surface area contributed by atoms with E-state index in [2.05, 4.69) is 32.4 Å². The van der Waals surface area contributed by atoms with E-state index in [0.29, 0.717) is 13.1 Å². The lowest BCUT2D eigenvalue weighted by molar-refractivity contribution is -0.126.